The summed E-state index contributed by atoms with van der Waals surface area (Å²) in [4.78, 5) is 19.1. The molecular weight excluding hydrogens is 312 g/mol. The van der Waals surface area contributed by atoms with Crippen LogP contribution < -0.4 is 11.1 Å². The van der Waals surface area contributed by atoms with Gasteiger partial charge in [-0.25, -0.2) is 0 Å². The van der Waals surface area contributed by atoms with Crippen molar-refractivity contribution in [2.45, 2.75) is 70.0 Å². The van der Waals surface area contributed by atoms with E-state index in [4.69, 9.17) is 5.73 Å². The molecule has 1 aliphatic heterocycles. The molecule has 1 aliphatic carbocycles. The molecule has 0 bridgehead atoms. The predicted octanol–water partition coefficient (Wildman–Crippen LogP) is 2.76. The number of carbonyl (C=O) groups is 1. The molecular formula is C20H32N4O. The molecule has 3 rings (SSSR count). The summed E-state index contributed by atoms with van der Waals surface area (Å²) in [6, 6.07) is 2.75. The first kappa shape index (κ1) is 18.3. The lowest BCUT2D eigenvalue weighted by Crippen LogP contribution is -2.45. The average Bonchev–Trinajstić information content (AvgIpc) is 3.07. The summed E-state index contributed by atoms with van der Waals surface area (Å²) < 4.78 is 0. The van der Waals surface area contributed by atoms with Gasteiger partial charge < -0.3 is 11.1 Å². The highest BCUT2D eigenvalue weighted by Gasteiger charge is 2.24. The third-order valence-electron chi connectivity index (χ3n) is 5.77. The van der Waals surface area contributed by atoms with Crippen molar-refractivity contribution in [1.82, 2.24) is 15.2 Å². The average molecular weight is 345 g/mol. The summed E-state index contributed by atoms with van der Waals surface area (Å²) in [6.07, 6.45) is 13.3. The molecule has 2 atom stereocenters. The molecule has 1 saturated carbocycles. The third-order valence-corrected chi connectivity index (χ3v) is 5.77. The van der Waals surface area contributed by atoms with Gasteiger partial charge in [-0.1, -0.05) is 25.3 Å². The maximum Gasteiger partial charge on any atom is 0.224 e. The van der Waals surface area contributed by atoms with Gasteiger partial charge in [0.15, 0.2) is 0 Å². The van der Waals surface area contributed by atoms with Gasteiger partial charge in [0.05, 0.1) is 6.17 Å². The summed E-state index contributed by atoms with van der Waals surface area (Å²) >= 11 is 0. The molecule has 1 aromatic rings. The molecule has 0 radical (unpaired) electrons. The highest BCUT2D eigenvalue weighted by molar-refractivity contribution is 5.78. The van der Waals surface area contributed by atoms with Crippen LogP contribution in [0, 0.1) is 5.92 Å². The number of nitrogens with one attached hydrogen (secondary N) is 1. The SMILES string of the molecule is CN1CCC[C@H]1c1cncc(CCC(N)NC(=O)C2CCCCC2)c1. The van der Waals surface area contributed by atoms with Crippen molar-refractivity contribution >= 4 is 5.91 Å². The molecule has 5 heteroatoms. The molecule has 5 nitrogen and oxygen atoms in total. The number of aromatic nitrogens is 1. The summed E-state index contributed by atoms with van der Waals surface area (Å²) in [7, 11) is 2.18. The highest BCUT2D eigenvalue weighted by Crippen LogP contribution is 2.30. The number of aryl methyl sites for hydroxylation is 1. The number of nitrogens with zero attached hydrogens (tertiary/aromatic N) is 2. The third kappa shape index (κ3) is 5.02. The van der Waals surface area contributed by atoms with Crippen LogP contribution in [0.4, 0.5) is 0 Å². The first-order valence-corrected chi connectivity index (χ1v) is 9.83. The molecule has 2 heterocycles. The minimum atomic E-state index is -0.271. The fourth-order valence-corrected chi connectivity index (χ4v) is 4.22. The van der Waals surface area contributed by atoms with Crippen LogP contribution in [0.5, 0.6) is 0 Å². The Balaban J connectivity index is 1.48. The lowest BCUT2D eigenvalue weighted by molar-refractivity contribution is -0.126. The maximum absolute atomic E-state index is 12.3. The van der Waals surface area contributed by atoms with Gasteiger partial charge in [0.1, 0.15) is 0 Å². The standard InChI is InChI=1S/C20H32N4O/c1-24-11-5-8-18(24)17-12-15(13-22-14-17)9-10-19(21)23-20(25)16-6-3-2-4-7-16/h12-14,16,18-19H,2-11,21H2,1H3,(H,23,25)/t18-,19?/m0/s1. The van der Waals surface area contributed by atoms with Gasteiger partial charge in [-0.3, -0.25) is 14.7 Å². The van der Waals surface area contributed by atoms with Crippen LogP contribution in [0.15, 0.2) is 18.5 Å². The van der Waals surface area contributed by atoms with E-state index in [9.17, 15) is 4.79 Å². The lowest BCUT2D eigenvalue weighted by atomic mass is 9.88. The van der Waals surface area contributed by atoms with Gasteiger partial charge in [0, 0.05) is 24.4 Å². The van der Waals surface area contributed by atoms with E-state index in [1.54, 1.807) is 0 Å². The van der Waals surface area contributed by atoms with Crippen LogP contribution in [0.2, 0.25) is 0 Å². The van der Waals surface area contributed by atoms with Crippen LogP contribution in [0.1, 0.15) is 68.5 Å². The Labute approximate surface area is 151 Å². The molecule has 0 aromatic carbocycles. The summed E-state index contributed by atoms with van der Waals surface area (Å²) in [5, 5.41) is 3.01. The first-order chi connectivity index (χ1) is 12.1. The second-order valence-electron chi connectivity index (χ2n) is 7.75. The molecule has 2 aliphatic rings. The van der Waals surface area contributed by atoms with E-state index in [0.717, 1.165) is 32.2 Å². The zero-order chi connectivity index (χ0) is 17.6. The van der Waals surface area contributed by atoms with Gasteiger partial charge in [0.2, 0.25) is 5.91 Å². The Morgan fingerprint density at radius 1 is 1.28 bits per heavy atom. The van der Waals surface area contributed by atoms with Gasteiger partial charge >= 0.3 is 0 Å². The topological polar surface area (TPSA) is 71.2 Å². The molecule has 0 spiro atoms. The summed E-state index contributed by atoms with van der Waals surface area (Å²) in [6.45, 7) is 1.16. The number of carbonyl (C=O) groups excluding carboxylic acids is 1. The smallest absolute Gasteiger partial charge is 0.224 e. The molecule has 3 N–H and O–H groups in total. The normalized spacial score (nSPS) is 23.5. The van der Waals surface area contributed by atoms with Gasteiger partial charge in [-0.05, 0) is 63.2 Å². The number of amides is 1. The van der Waals surface area contributed by atoms with Crippen molar-refractivity contribution < 1.29 is 4.79 Å². The van der Waals surface area contributed by atoms with E-state index in [2.05, 4.69) is 28.3 Å². The van der Waals surface area contributed by atoms with Gasteiger partial charge in [-0.15, -0.1) is 0 Å². The second-order valence-corrected chi connectivity index (χ2v) is 7.75. The largest absolute Gasteiger partial charge is 0.341 e. The Bertz CT molecular complexity index is 571. The first-order valence-electron chi connectivity index (χ1n) is 9.83. The van der Waals surface area contributed by atoms with Crippen molar-refractivity contribution in [3.05, 3.63) is 29.6 Å². The van der Waals surface area contributed by atoms with Crippen LogP contribution in [-0.2, 0) is 11.2 Å². The molecule has 138 valence electrons. The molecule has 25 heavy (non-hydrogen) atoms. The van der Waals surface area contributed by atoms with E-state index in [0.29, 0.717) is 6.04 Å². The Morgan fingerprint density at radius 2 is 2.08 bits per heavy atom. The van der Waals surface area contributed by atoms with Crippen molar-refractivity contribution in [2.24, 2.45) is 11.7 Å². The summed E-state index contributed by atoms with van der Waals surface area (Å²) in [5.74, 6) is 0.314. The maximum atomic E-state index is 12.3. The van der Waals surface area contributed by atoms with Crippen LogP contribution >= 0.6 is 0 Å². The Morgan fingerprint density at radius 3 is 2.80 bits per heavy atom. The van der Waals surface area contributed by atoms with Crippen molar-refractivity contribution in [3.63, 3.8) is 0 Å². The molecule has 1 unspecified atom stereocenters. The van der Waals surface area contributed by atoms with Crippen LogP contribution in [0.25, 0.3) is 0 Å². The molecule has 1 amide bonds. The number of rotatable bonds is 6. The van der Waals surface area contributed by atoms with Crippen molar-refractivity contribution in [3.8, 4) is 0 Å². The number of likely N-dealkylation sites (tertiary alicyclic amines) is 1. The van der Waals surface area contributed by atoms with E-state index >= 15 is 0 Å². The highest BCUT2D eigenvalue weighted by atomic mass is 16.2. The van der Waals surface area contributed by atoms with E-state index in [1.807, 2.05) is 12.4 Å². The fourth-order valence-electron chi connectivity index (χ4n) is 4.22. The molecule has 1 saturated heterocycles. The minimum absolute atomic E-state index is 0.145. The minimum Gasteiger partial charge on any atom is -0.341 e. The summed E-state index contributed by atoms with van der Waals surface area (Å²) in [5.41, 5.74) is 8.66. The second kappa shape index (κ2) is 8.77. The van der Waals surface area contributed by atoms with Crippen molar-refractivity contribution in [2.75, 3.05) is 13.6 Å². The number of pyridine rings is 1. The van der Waals surface area contributed by atoms with E-state index in [-0.39, 0.29) is 18.0 Å². The van der Waals surface area contributed by atoms with E-state index in [1.165, 1.54) is 43.2 Å². The van der Waals surface area contributed by atoms with Gasteiger partial charge in [0.25, 0.3) is 0 Å². The number of hydrogen-bond donors (Lipinski definition) is 2. The predicted molar refractivity (Wildman–Crippen MR) is 99.9 cm³/mol. The van der Waals surface area contributed by atoms with Crippen LogP contribution in [-0.4, -0.2) is 35.5 Å². The zero-order valence-electron chi connectivity index (χ0n) is 15.4. The quantitative estimate of drug-likeness (QED) is 0.779. The molecule has 1 aromatic heterocycles. The fraction of sp³-hybridized carbons (Fsp3) is 0.700. The Kier molecular flexibility index (Phi) is 6.43. The van der Waals surface area contributed by atoms with Crippen LogP contribution in [0.3, 0.4) is 0 Å². The number of nitrogens with two attached hydrogens (primary N) is 1. The van der Waals surface area contributed by atoms with E-state index < -0.39 is 0 Å². The Hall–Kier alpha value is -1.46. The van der Waals surface area contributed by atoms with Gasteiger partial charge in [-0.2, -0.15) is 0 Å². The zero-order valence-corrected chi connectivity index (χ0v) is 15.4. The monoisotopic (exact) mass is 344 g/mol. The van der Waals surface area contributed by atoms with Crippen molar-refractivity contribution in [1.29, 1.82) is 0 Å². The molecule has 2 fully saturated rings. The lowest BCUT2D eigenvalue weighted by Gasteiger charge is -2.23. The number of hydrogen-bond acceptors (Lipinski definition) is 4.